The van der Waals surface area contributed by atoms with Crippen LogP contribution in [0.4, 0.5) is 5.82 Å². The Labute approximate surface area is 150 Å². The summed E-state index contributed by atoms with van der Waals surface area (Å²) in [6.45, 7) is 1.87. The fourth-order valence-electron chi connectivity index (χ4n) is 2.84. The van der Waals surface area contributed by atoms with E-state index in [-0.39, 0.29) is 5.56 Å². The van der Waals surface area contributed by atoms with Crippen LogP contribution >= 0.6 is 0 Å². The number of carboxylic acid groups (broad SMARTS) is 1. The van der Waals surface area contributed by atoms with Crippen molar-refractivity contribution in [3.63, 3.8) is 0 Å². The van der Waals surface area contributed by atoms with E-state index >= 15 is 0 Å². The largest absolute Gasteiger partial charge is 0.493 e. The van der Waals surface area contributed by atoms with Crippen molar-refractivity contribution < 1.29 is 19.4 Å². The van der Waals surface area contributed by atoms with E-state index in [0.717, 1.165) is 16.8 Å². The molecule has 0 saturated heterocycles. The fraction of sp³-hybridized carbons (Fsp3) is 0.158. The molecule has 0 aliphatic rings. The third-order valence-electron chi connectivity index (χ3n) is 4.13. The number of nitrogen functional groups attached to an aromatic ring is 1. The molecular formula is C19H19N3O4. The Morgan fingerprint density at radius 3 is 2.31 bits per heavy atom. The van der Waals surface area contributed by atoms with Crippen molar-refractivity contribution in [1.29, 1.82) is 0 Å². The van der Waals surface area contributed by atoms with Crippen LogP contribution in [0.15, 0.2) is 42.5 Å². The van der Waals surface area contributed by atoms with Gasteiger partial charge in [-0.1, -0.05) is 6.07 Å². The second-order valence-corrected chi connectivity index (χ2v) is 5.68. The van der Waals surface area contributed by atoms with Crippen LogP contribution in [0.1, 0.15) is 16.1 Å². The molecule has 1 heterocycles. The highest BCUT2D eigenvalue weighted by Crippen LogP contribution is 2.36. The van der Waals surface area contributed by atoms with Crippen molar-refractivity contribution in [2.75, 3.05) is 20.0 Å². The minimum Gasteiger partial charge on any atom is -0.493 e. The molecule has 0 amide bonds. The van der Waals surface area contributed by atoms with E-state index in [1.165, 1.54) is 12.1 Å². The van der Waals surface area contributed by atoms with Crippen LogP contribution in [0.25, 0.3) is 16.8 Å². The Hall–Kier alpha value is -3.48. The number of anilines is 1. The van der Waals surface area contributed by atoms with Gasteiger partial charge < -0.3 is 20.3 Å². The van der Waals surface area contributed by atoms with Gasteiger partial charge in [0.05, 0.1) is 31.2 Å². The van der Waals surface area contributed by atoms with Gasteiger partial charge in [0.15, 0.2) is 11.5 Å². The molecule has 3 N–H and O–H groups in total. The Kier molecular flexibility index (Phi) is 4.53. The smallest absolute Gasteiger partial charge is 0.335 e. The predicted molar refractivity (Wildman–Crippen MR) is 98.2 cm³/mol. The molecule has 0 aliphatic carbocycles. The number of aromatic carboxylic acids is 1. The number of nitrogens with zero attached hydrogens (tertiary/aromatic N) is 2. The molecule has 3 aromatic rings. The van der Waals surface area contributed by atoms with Crippen LogP contribution in [0.5, 0.6) is 11.5 Å². The molecule has 0 atom stereocenters. The number of hydrogen-bond acceptors (Lipinski definition) is 5. The number of carbonyl (C=O) groups is 1. The van der Waals surface area contributed by atoms with Crippen molar-refractivity contribution in [3.8, 4) is 28.3 Å². The predicted octanol–water partition coefficient (Wildman–Crippen LogP) is 3.15. The summed E-state index contributed by atoms with van der Waals surface area (Å²) in [5, 5.41) is 13.5. The molecular weight excluding hydrogens is 334 g/mol. The van der Waals surface area contributed by atoms with Crippen LogP contribution in [0.3, 0.4) is 0 Å². The zero-order valence-corrected chi connectivity index (χ0v) is 14.7. The van der Waals surface area contributed by atoms with Gasteiger partial charge in [-0.2, -0.15) is 5.10 Å². The van der Waals surface area contributed by atoms with E-state index < -0.39 is 5.97 Å². The molecule has 7 nitrogen and oxygen atoms in total. The maximum Gasteiger partial charge on any atom is 0.335 e. The van der Waals surface area contributed by atoms with E-state index in [2.05, 4.69) is 5.10 Å². The molecule has 26 heavy (non-hydrogen) atoms. The van der Waals surface area contributed by atoms with E-state index in [1.54, 1.807) is 31.0 Å². The highest BCUT2D eigenvalue weighted by Gasteiger charge is 2.17. The Balaban J connectivity index is 2.07. The third kappa shape index (κ3) is 2.95. The number of benzene rings is 2. The first-order chi connectivity index (χ1) is 12.5. The van der Waals surface area contributed by atoms with Gasteiger partial charge >= 0.3 is 5.97 Å². The molecule has 2 aromatic carbocycles. The summed E-state index contributed by atoms with van der Waals surface area (Å²) >= 11 is 0. The van der Waals surface area contributed by atoms with Gasteiger partial charge in [-0.3, -0.25) is 0 Å². The molecule has 0 spiro atoms. The van der Waals surface area contributed by atoms with Gasteiger partial charge in [0, 0.05) is 5.56 Å². The second kappa shape index (κ2) is 6.79. The van der Waals surface area contributed by atoms with E-state index in [9.17, 15) is 4.79 Å². The van der Waals surface area contributed by atoms with Crippen LogP contribution in [0, 0.1) is 6.92 Å². The van der Waals surface area contributed by atoms with Gasteiger partial charge in [-0.25, -0.2) is 9.48 Å². The van der Waals surface area contributed by atoms with Crippen molar-refractivity contribution in [1.82, 2.24) is 9.78 Å². The summed E-state index contributed by atoms with van der Waals surface area (Å²) in [5.74, 6) is 0.705. The van der Waals surface area contributed by atoms with E-state index in [1.807, 2.05) is 25.1 Å². The number of ether oxygens (including phenoxy) is 2. The minimum absolute atomic E-state index is 0.205. The lowest BCUT2D eigenvalue weighted by molar-refractivity contribution is 0.0697. The first-order valence-corrected chi connectivity index (χ1v) is 7.87. The van der Waals surface area contributed by atoms with Gasteiger partial charge in [0.2, 0.25) is 0 Å². The van der Waals surface area contributed by atoms with Crippen molar-refractivity contribution in [2.45, 2.75) is 6.92 Å². The number of hydrogen-bond donors (Lipinski definition) is 2. The van der Waals surface area contributed by atoms with Gasteiger partial charge in [-0.15, -0.1) is 0 Å². The number of rotatable bonds is 5. The minimum atomic E-state index is -0.979. The Bertz CT molecular complexity index is 962. The van der Waals surface area contributed by atoms with E-state index in [4.69, 9.17) is 20.3 Å². The third-order valence-corrected chi connectivity index (χ3v) is 4.13. The van der Waals surface area contributed by atoms with Gasteiger partial charge in [-0.05, 0) is 48.9 Å². The molecule has 0 fully saturated rings. The van der Waals surface area contributed by atoms with Crippen LogP contribution < -0.4 is 15.2 Å². The maximum absolute atomic E-state index is 11.0. The Morgan fingerprint density at radius 2 is 1.73 bits per heavy atom. The van der Waals surface area contributed by atoms with Crippen LogP contribution in [0.2, 0.25) is 0 Å². The lowest BCUT2D eigenvalue weighted by Crippen LogP contribution is -2.03. The topological polar surface area (TPSA) is 99.6 Å². The molecule has 0 saturated carbocycles. The van der Waals surface area contributed by atoms with Crippen LogP contribution in [-0.2, 0) is 0 Å². The molecule has 0 unspecified atom stereocenters. The highest BCUT2D eigenvalue weighted by molar-refractivity contribution is 5.88. The summed E-state index contributed by atoms with van der Waals surface area (Å²) in [4.78, 5) is 11.0. The van der Waals surface area contributed by atoms with Gasteiger partial charge in [0.1, 0.15) is 5.82 Å². The van der Waals surface area contributed by atoms with Crippen LogP contribution in [-0.4, -0.2) is 35.1 Å². The maximum atomic E-state index is 11.0. The summed E-state index contributed by atoms with van der Waals surface area (Å²) in [5.41, 5.74) is 9.61. The van der Waals surface area contributed by atoms with Crippen molar-refractivity contribution in [2.24, 2.45) is 0 Å². The molecule has 0 aliphatic heterocycles. The molecule has 7 heteroatoms. The zero-order chi connectivity index (χ0) is 18.8. The molecule has 0 radical (unpaired) electrons. The summed E-state index contributed by atoms with van der Waals surface area (Å²) in [7, 11) is 3.15. The van der Waals surface area contributed by atoms with Crippen molar-refractivity contribution in [3.05, 3.63) is 53.7 Å². The normalized spacial score (nSPS) is 10.6. The second-order valence-electron chi connectivity index (χ2n) is 5.68. The van der Waals surface area contributed by atoms with E-state index in [0.29, 0.717) is 23.0 Å². The standard InChI is InChI=1S/C19H19N3O4/c1-11-17(13-6-9-15(25-2)16(10-13)26-3)18(20)22(21-11)14-7-4-12(5-8-14)19(23)24/h4-10H,20H2,1-3H3,(H,23,24). The summed E-state index contributed by atoms with van der Waals surface area (Å²) in [6, 6.07) is 11.9. The number of nitrogens with two attached hydrogens (primary N) is 1. The number of methoxy groups -OCH3 is 2. The fourth-order valence-corrected chi connectivity index (χ4v) is 2.84. The Morgan fingerprint density at radius 1 is 1.08 bits per heavy atom. The SMILES string of the molecule is COc1ccc(-c2c(C)nn(-c3ccc(C(=O)O)cc3)c2N)cc1OC. The summed E-state index contributed by atoms with van der Waals surface area (Å²) < 4.78 is 12.2. The molecule has 134 valence electrons. The monoisotopic (exact) mass is 353 g/mol. The average molecular weight is 353 g/mol. The number of aromatic nitrogens is 2. The van der Waals surface area contributed by atoms with Gasteiger partial charge in [0.25, 0.3) is 0 Å². The average Bonchev–Trinajstić information content (AvgIpc) is 2.95. The lowest BCUT2D eigenvalue weighted by atomic mass is 10.1. The first-order valence-electron chi connectivity index (χ1n) is 7.87. The highest BCUT2D eigenvalue weighted by atomic mass is 16.5. The molecule has 3 rings (SSSR count). The first kappa shape index (κ1) is 17.3. The molecule has 0 bridgehead atoms. The number of aryl methyl sites for hydroxylation is 1. The molecule has 1 aromatic heterocycles. The number of carboxylic acids is 1. The zero-order valence-electron chi connectivity index (χ0n) is 14.7. The quantitative estimate of drug-likeness (QED) is 0.731. The summed E-state index contributed by atoms with van der Waals surface area (Å²) in [6.07, 6.45) is 0. The lowest BCUT2D eigenvalue weighted by Gasteiger charge is -2.10. The van der Waals surface area contributed by atoms with Crippen molar-refractivity contribution >= 4 is 11.8 Å².